The van der Waals surface area contributed by atoms with Gasteiger partial charge in [-0.15, -0.1) is 5.10 Å². The fourth-order valence-electron chi connectivity index (χ4n) is 5.98. The van der Waals surface area contributed by atoms with Crippen molar-refractivity contribution in [3.8, 4) is 0 Å². The first-order valence-electron chi connectivity index (χ1n) is 15.1. The molecule has 224 valence electrons. The molecule has 1 aliphatic rings. The molecule has 1 fully saturated rings. The van der Waals surface area contributed by atoms with Gasteiger partial charge in [0, 0.05) is 0 Å². The van der Waals surface area contributed by atoms with E-state index in [1.807, 2.05) is 91.0 Å². The molecule has 1 aromatic heterocycles. The van der Waals surface area contributed by atoms with Gasteiger partial charge in [0.2, 0.25) is 0 Å². The van der Waals surface area contributed by atoms with Crippen molar-refractivity contribution >= 4 is 35.8 Å². The predicted molar refractivity (Wildman–Crippen MR) is 165 cm³/mol. The molecule has 2 unspecified atom stereocenters. The number of carbonyl (C=O) groups is 2. The van der Waals surface area contributed by atoms with E-state index >= 15 is 0 Å². The zero-order chi connectivity index (χ0) is 30.1. The molecule has 1 saturated carbocycles. The quantitative estimate of drug-likeness (QED) is 0.139. The smallest absolute Gasteiger partial charge is 0.335 e. The Morgan fingerprint density at radius 2 is 1.26 bits per heavy atom. The van der Waals surface area contributed by atoms with Crippen LogP contribution in [0.4, 0.5) is 0 Å². The number of esters is 2. The summed E-state index contributed by atoms with van der Waals surface area (Å²) in [6.07, 6.45) is 3.60. The van der Waals surface area contributed by atoms with Gasteiger partial charge in [-0.3, -0.25) is 4.79 Å². The van der Waals surface area contributed by atoms with Gasteiger partial charge in [0.15, 0.2) is 17.8 Å². The van der Waals surface area contributed by atoms with Gasteiger partial charge in [-0.25, -0.2) is 9.48 Å². The second-order valence-corrected chi connectivity index (χ2v) is 13.9. The molecule has 43 heavy (non-hydrogen) atoms. The minimum Gasteiger partial charge on any atom is -0.465 e. The summed E-state index contributed by atoms with van der Waals surface area (Å²) >= 11 is 0. The van der Waals surface area contributed by atoms with Crippen LogP contribution in [-0.4, -0.2) is 59.8 Å². The topological polar surface area (TPSA) is 105 Å². The summed E-state index contributed by atoms with van der Waals surface area (Å²) in [5, 5.41) is 15.4. The van der Waals surface area contributed by atoms with Gasteiger partial charge in [-0.1, -0.05) is 110 Å². The number of aromatic nitrogens is 4. The summed E-state index contributed by atoms with van der Waals surface area (Å²) in [5.41, 5.74) is 0. The van der Waals surface area contributed by atoms with Crippen molar-refractivity contribution in [2.24, 2.45) is 0 Å². The van der Waals surface area contributed by atoms with E-state index in [9.17, 15) is 9.59 Å². The number of carbonyl (C=O) groups excluding carboxylic acids is 2. The average Bonchev–Trinajstić information content (AvgIpc) is 3.54. The molecule has 0 spiro atoms. The number of tetrazole rings is 1. The molecule has 1 heterocycles. The molecular weight excluding hydrogens is 560 g/mol. The third-order valence-corrected chi connectivity index (χ3v) is 12.0. The first-order chi connectivity index (χ1) is 21.1. The molecule has 0 N–H and O–H groups in total. The lowest BCUT2D eigenvalue weighted by Crippen LogP contribution is -2.71. The minimum atomic E-state index is -3.47. The Balaban J connectivity index is 1.74. The number of nitrogens with zero attached hydrogens (tertiary/aromatic N) is 4. The zero-order valence-corrected chi connectivity index (χ0v) is 25.7. The third kappa shape index (κ3) is 6.45. The number of benzene rings is 3. The van der Waals surface area contributed by atoms with Gasteiger partial charge in [-0.2, -0.15) is 0 Å². The third-order valence-electron chi connectivity index (χ3n) is 7.92. The lowest BCUT2D eigenvalue weighted by Gasteiger charge is -2.37. The van der Waals surface area contributed by atoms with Crippen molar-refractivity contribution in [1.82, 2.24) is 20.2 Å². The molecule has 9 nitrogen and oxygen atoms in total. The first-order valence-corrected chi connectivity index (χ1v) is 17.0. The standard InChI is InChI=1S/C33H38N4O5Si/c1-3-40-32(38)29(31-34-35-36-37(31)25-17-9-5-10-18-25)30(33(39)41-4-2)42-43(26-19-11-6-12-20-26,27-21-13-7-14-22-27)28-23-15-8-16-24-28/h6-8,11-16,19-25,29-30H,3-5,9-10,17-18H2,1-2H3. The van der Waals surface area contributed by atoms with Crippen LogP contribution in [0.1, 0.15) is 63.7 Å². The monoisotopic (exact) mass is 598 g/mol. The Bertz CT molecular complexity index is 1370. The van der Waals surface area contributed by atoms with E-state index in [1.54, 1.807) is 18.5 Å². The Morgan fingerprint density at radius 1 is 0.767 bits per heavy atom. The van der Waals surface area contributed by atoms with Gasteiger partial charge in [0.25, 0.3) is 8.32 Å². The highest BCUT2D eigenvalue weighted by Gasteiger charge is 2.51. The summed E-state index contributed by atoms with van der Waals surface area (Å²) in [4.78, 5) is 28.0. The normalized spacial score (nSPS) is 15.4. The largest absolute Gasteiger partial charge is 0.465 e. The lowest BCUT2D eigenvalue weighted by molar-refractivity contribution is -0.161. The maximum atomic E-state index is 14.0. The van der Waals surface area contributed by atoms with Crippen LogP contribution < -0.4 is 15.6 Å². The Hall–Kier alpha value is -4.15. The molecule has 0 amide bonds. The van der Waals surface area contributed by atoms with Crippen LogP contribution >= 0.6 is 0 Å². The number of hydrogen-bond acceptors (Lipinski definition) is 8. The van der Waals surface area contributed by atoms with Gasteiger partial charge in [-0.05, 0) is 52.7 Å². The van der Waals surface area contributed by atoms with E-state index in [0.717, 1.165) is 47.7 Å². The number of rotatable bonds is 12. The summed E-state index contributed by atoms with van der Waals surface area (Å²) in [6.45, 7) is 3.69. The van der Waals surface area contributed by atoms with Gasteiger partial charge in [0.05, 0.1) is 19.3 Å². The molecule has 1 aliphatic carbocycles. The Morgan fingerprint density at radius 3 is 1.74 bits per heavy atom. The predicted octanol–water partition coefficient (Wildman–Crippen LogP) is 3.44. The van der Waals surface area contributed by atoms with Crippen LogP contribution in [0, 0.1) is 0 Å². The second kappa shape index (κ2) is 14.3. The molecule has 10 heteroatoms. The summed E-state index contributed by atoms with van der Waals surface area (Å²) in [7, 11) is -3.47. The van der Waals surface area contributed by atoms with E-state index in [-0.39, 0.29) is 25.1 Å². The highest BCUT2D eigenvalue weighted by molar-refractivity contribution is 7.07. The van der Waals surface area contributed by atoms with Crippen molar-refractivity contribution in [2.75, 3.05) is 13.2 Å². The van der Waals surface area contributed by atoms with Crippen molar-refractivity contribution < 1.29 is 23.5 Å². The number of hydrogen-bond donors (Lipinski definition) is 0. The molecule has 3 aromatic carbocycles. The van der Waals surface area contributed by atoms with E-state index in [4.69, 9.17) is 13.9 Å². The summed E-state index contributed by atoms with van der Waals surface area (Å²) < 4.78 is 20.2. The molecule has 0 saturated heterocycles. The van der Waals surface area contributed by atoms with Crippen LogP contribution in [0.3, 0.4) is 0 Å². The average molecular weight is 599 g/mol. The van der Waals surface area contributed by atoms with Crippen LogP contribution in [-0.2, 0) is 23.5 Å². The molecular formula is C33H38N4O5Si. The van der Waals surface area contributed by atoms with E-state index in [1.165, 1.54) is 0 Å². The fourth-order valence-corrected chi connectivity index (χ4v) is 9.98. The molecule has 0 bridgehead atoms. The second-order valence-electron chi connectivity index (χ2n) is 10.6. The Labute approximate surface area is 253 Å². The van der Waals surface area contributed by atoms with Crippen LogP contribution in [0.15, 0.2) is 91.0 Å². The van der Waals surface area contributed by atoms with Gasteiger partial charge in [0.1, 0.15) is 0 Å². The summed E-state index contributed by atoms with van der Waals surface area (Å²) in [6, 6.07) is 29.7. The Kier molecular flexibility index (Phi) is 10.1. The van der Waals surface area contributed by atoms with Gasteiger partial charge < -0.3 is 13.9 Å². The van der Waals surface area contributed by atoms with Crippen molar-refractivity contribution in [1.29, 1.82) is 0 Å². The lowest BCUT2D eigenvalue weighted by atomic mass is 9.94. The number of ether oxygens (including phenoxy) is 2. The SMILES string of the molecule is CCOC(=O)C(O[Si](c1ccccc1)(c1ccccc1)c1ccccc1)C(C(=O)OCC)c1nnnn1C1CCCCC1. The van der Waals surface area contributed by atoms with Crippen LogP contribution in [0.5, 0.6) is 0 Å². The molecule has 0 radical (unpaired) electrons. The van der Waals surface area contributed by atoms with Crippen molar-refractivity contribution in [3.05, 3.63) is 96.8 Å². The molecule has 0 aliphatic heterocycles. The molecule has 4 aromatic rings. The van der Waals surface area contributed by atoms with E-state index in [0.29, 0.717) is 0 Å². The van der Waals surface area contributed by atoms with Crippen LogP contribution in [0.25, 0.3) is 0 Å². The molecule has 5 rings (SSSR count). The minimum absolute atomic E-state index is 0.0119. The van der Waals surface area contributed by atoms with E-state index < -0.39 is 32.3 Å². The zero-order valence-electron chi connectivity index (χ0n) is 24.7. The van der Waals surface area contributed by atoms with Crippen molar-refractivity contribution in [2.45, 2.75) is 64.0 Å². The van der Waals surface area contributed by atoms with Gasteiger partial charge >= 0.3 is 11.9 Å². The highest BCUT2D eigenvalue weighted by atomic mass is 28.4. The van der Waals surface area contributed by atoms with E-state index in [2.05, 4.69) is 15.5 Å². The fraction of sp³-hybridized carbons (Fsp3) is 0.364. The maximum absolute atomic E-state index is 14.0. The van der Waals surface area contributed by atoms with Crippen LogP contribution in [0.2, 0.25) is 0 Å². The summed E-state index contributed by atoms with van der Waals surface area (Å²) in [5.74, 6) is -2.30. The maximum Gasteiger partial charge on any atom is 0.335 e. The van der Waals surface area contributed by atoms with Crippen molar-refractivity contribution in [3.63, 3.8) is 0 Å². The first kappa shape index (κ1) is 30.3. The molecule has 2 atom stereocenters. The highest BCUT2D eigenvalue weighted by Crippen LogP contribution is 2.33.